The molecule has 17 heteroatoms. The van der Waals surface area contributed by atoms with Crippen molar-refractivity contribution >= 4 is 47.3 Å². The SMILES string of the molecule is C=CCOC(=O)NC(C(=O)NC(C)C(=O)Nc1ccc(COC(=O)N2c3cc(OCCCC(=O)O)c(OC)cc3C(=O)N3Cc4ccccc4C[C@H]3C2O)cc1)C(C)C. The van der Waals surface area contributed by atoms with Crippen molar-refractivity contribution in [2.75, 3.05) is 30.5 Å². The Hall–Kier alpha value is -6.62. The Labute approximate surface area is 341 Å². The molecule has 5 N–H and O–H groups in total. The molecule has 2 heterocycles. The number of ether oxygens (including phenoxy) is 4. The summed E-state index contributed by atoms with van der Waals surface area (Å²) in [5, 5.41) is 28.8. The lowest BCUT2D eigenvalue weighted by Crippen LogP contribution is -2.55. The van der Waals surface area contributed by atoms with Gasteiger partial charge < -0.3 is 50.0 Å². The first kappa shape index (κ1) is 43.5. The number of rotatable bonds is 16. The minimum Gasteiger partial charge on any atom is -0.493 e. The van der Waals surface area contributed by atoms with Gasteiger partial charge in [-0.2, -0.15) is 0 Å². The quantitative estimate of drug-likeness (QED) is 0.101. The highest BCUT2D eigenvalue weighted by molar-refractivity contribution is 6.06. The number of fused-ring (bicyclic) bond motifs is 3. The molecule has 17 nitrogen and oxygen atoms in total. The van der Waals surface area contributed by atoms with Gasteiger partial charge in [0.05, 0.1) is 31.0 Å². The predicted molar refractivity (Wildman–Crippen MR) is 214 cm³/mol. The van der Waals surface area contributed by atoms with Crippen LogP contribution in [0, 0.1) is 5.92 Å². The fourth-order valence-electron chi connectivity index (χ4n) is 6.67. The van der Waals surface area contributed by atoms with E-state index >= 15 is 0 Å². The fourth-order valence-corrected chi connectivity index (χ4v) is 6.67. The number of anilines is 2. The third-order valence-corrected chi connectivity index (χ3v) is 9.81. The van der Waals surface area contributed by atoms with Crippen molar-refractivity contribution in [1.82, 2.24) is 15.5 Å². The van der Waals surface area contributed by atoms with Gasteiger partial charge in [0.1, 0.15) is 25.3 Å². The van der Waals surface area contributed by atoms with E-state index in [2.05, 4.69) is 22.5 Å². The van der Waals surface area contributed by atoms with Crippen LogP contribution in [0.1, 0.15) is 60.7 Å². The molecule has 5 rings (SSSR count). The zero-order valence-electron chi connectivity index (χ0n) is 33.3. The molecule has 0 spiro atoms. The van der Waals surface area contributed by atoms with Crippen LogP contribution in [0.15, 0.2) is 73.3 Å². The molecule has 0 aliphatic carbocycles. The molecule has 3 aromatic rings. The van der Waals surface area contributed by atoms with E-state index in [-0.39, 0.29) is 74.3 Å². The molecule has 3 aromatic carbocycles. The van der Waals surface area contributed by atoms with Crippen molar-refractivity contribution in [1.29, 1.82) is 0 Å². The predicted octanol–water partition coefficient (Wildman–Crippen LogP) is 4.36. The molecule has 2 aliphatic heterocycles. The van der Waals surface area contributed by atoms with Crippen LogP contribution in [-0.2, 0) is 43.4 Å². The second-order valence-corrected chi connectivity index (χ2v) is 14.3. The Kier molecular flexibility index (Phi) is 14.5. The summed E-state index contributed by atoms with van der Waals surface area (Å²) in [6.45, 7) is 8.34. The number of carbonyl (C=O) groups is 6. The molecule has 2 aliphatic rings. The second-order valence-electron chi connectivity index (χ2n) is 14.3. The van der Waals surface area contributed by atoms with E-state index in [4.69, 9.17) is 24.1 Å². The van der Waals surface area contributed by atoms with E-state index in [1.807, 2.05) is 24.3 Å². The summed E-state index contributed by atoms with van der Waals surface area (Å²) in [6.07, 6.45) is -1.61. The summed E-state index contributed by atoms with van der Waals surface area (Å²) < 4.78 is 22.0. The fraction of sp³-hybridized carbons (Fsp3) is 0.381. The van der Waals surface area contributed by atoms with Crippen molar-refractivity contribution in [2.24, 2.45) is 5.92 Å². The molecule has 0 aromatic heterocycles. The van der Waals surface area contributed by atoms with Crippen LogP contribution in [0.25, 0.3) is 0 Å². The third-order valence-electron chi connectivity index (χ3n) is 9.81. The van der Waals surface area contributed by atoms with Gasteiger partial charge in [-0.05, 0) is 60.6 Å². The highest BCUT2D eigenvalue weighted by Gasteiger charge is 2.45. The van der Waals surface area contributed by atoms with Crippen molar-refractivity contribution in [3.05, 3.63) is 95.6 Å². The summed E-state index contributed by atoms with van der Waals surface area (Å²) in [4.78, 5) is 79.8. The van der Waals surface area contributed by atoms with Crippen LogP contribution in [0.4, 0.5) is 21.0 Å². The van der Waals surface area contributed by atoms with Crippen LogP contribution in [-0.4, -0.2) is 95.7 Å². The van der Waals surface area contributed by atoms with Gasteiger partial charge in [0.2, 0.25) is 11.8 Å². The van der Waals surface area contributed by atoms with Gasteiger partial charge in [-0.1, -0.05) is 62.9 Å². The number of amides is 5. The monoisotopic (exact) mass is 815 g/mol. The van der Waals surface area contributed by atoms with Crippen LogP contribution < -0.4 is 30.3 Å². The molecule has 0 fully saturated rings. The Balaban J connectivity index is 1.30. The third kappa shape index (κ3) is 10.7. The maximum Gasteiger partial charge on any atom is 0.416 e. The second kappa shape index (κ2) is 19.7. The van der Waals surface area contributed by atoms with Gasteiger partial charge in [-0.15, -0.1) is 0 Å². The molecule has 3 unspecified atom stereocenters. The number of hydrogen-bond donors (Lipinski definition) is 5. The molecule has 5 amide bonds. The maximum absolute atomic E-state index is 14.2. The van der Waals surface area contributed by atoms with Crippen LogP contribution in [0.2, 0.25) is 0 Å². The van der Waals surface area contributed by atoms with E-state index in [1.165, 1.54) is 37.1 Å². The van der Waals surface area contributed by atoms with Crippen molar-refractivity contribution < 1.29 is 57.9 Å². The average Bonchev–Trinajstić information content (AvgIpc) is 3.29. The number of aliphatic hydroxyl groups is 1. The van der Waals surface area contributed by atoms with Crippen molar-refractivity contribution in [2.45, 2.75) is 77.5 Å². The number of nitrogens with zero attached hydrogens (tertiary/aromatic N) is 2. The molecule has 0 bridgehead atoms. The zero-order chi connectivity index (χ0) is 42.8. The number of methoxy groups -OCH3 is 1. The van der Waals surface area contributed by atoms with Crippen LogP contribution in [0.5, 0.6) is 11.5 Å². The van der Waals surface area contributed by atoms with Gasteiger partial charge in [-0.3, -0.25) is 19.2 Å². The van der Waals surface area contributed by atoms with E-state index in [1.54, 1.807) is 38.1 Å². The van der Waals surface area contributed by atoms with E-state index < -0.39 is 60.2 Å². The summed E-state index contributed by atoms with van der Waals surface area (Å²) in [5.74, 6) is -2.54. The van der Waals surface area contributed by atoms with Gasteiger partial charge in [-0.25, -0.2) is 14.5 Å². The molecule has 0 radical (unpaired) electrons. The van der Waals surface area contributed by atoms with Gasteiger partial charge in [0, 0.05) is 24.7 Å². The number of carboxylic acids is 1. The van der Waals surface area contributed by atoms with Crippen molar-refractivity contribution in [3.8, 4) is 11.5 Å². The molecule has 59 heavy (non-hydrogen) atoms. The number of aliphatic hydroxyl groups excluding tert-OH is 1. The maximum atomic E-state index is 14.2. The Morgan fingerprint density at radius 1 is 0.949 bits per heavy atom. The highest BCUT2D eigenvalue weighted by atomic mass is 16.6. The van der Waals surface area contributed by atoms with Gasteiger partial charge in [0.15, 0.2) is 17.7 Å². The summed E-state index contributed by atoms with van der Waals surface area (Å²) in [5.41, 5.74) is 2.81. The standard InChI is InChI=1S/C42H49N5O12/c1-6-17-58-41(54)45-36(24(2)3)38(51)43-25(4)37(50)44-29-15-13-26(14-16-29)23-59-42(55)47-31-21-34(57-18-9-12-35(48)49)33(56-5)20-30(31)39(52)46-22-28-11-8-7-10-27(28)19-32(46)40(47)53/h6-8,10-11,13-16,20-21,24-25,32,36,40,53H,1,9,12,17-19,22-23H2,2-5H3,(H,43,51)(H,44,50)(H,45,54)(H,48,49)/t25?,32-,36?,40?/m0/s1. The topological polar surface area (TPSA) is 222 Å². The van der Waals surface area contributed by atoms with Crippen LogP contribution in [0.3, 0.4) is 0 Å². The van der Waals surface area contributed by atoms with E-state index in [0.717, 1.165) is 16.0 Å². The minimum absolute atomic E-state index is 0.00123. The molecule has 0 saturated carbocycles. The lowest BCUT2D eigenvalue weighted by atomic mass is 9.93. The van der Waals surface area contributed by atoms with Crippen molar-refractivity contribution in [3.63, 3.8) is 0 Å². The lowest BCUT2D eigenvalue weighted by Gasteiger charge is -2.39. The molecule has 0 saturated heterocycles. The Bertz CT molecular complexity index is 2060. The summed E-state index contributed by atoms with van der Waals surface area (Å²) in [6, 6.07) is 14.0. The Morgan fingerprint density at radius 3 is 2.32 bits per heavy atom. The first-order valence-electron chi connectivity index (χ1n) is 19.0. The number of aliphatic carboxylic acids is 1. The number of nitrogens with one attached hydrogen (secondary N) is 3. The lowest BCUT2D eigenvalue weighted by molar-refractivity contribution is -0.137. The molecular formula is C42H49N5O12. The minimum atomic E-state index is -1.55. The Morgan fingerprint density at radius 2 is 1.66 bits per heavy atom. The molecule has 4 atom stereocenters. The number of carbonyl (C=O) groups excluding carboxylic acids is 5. The number of alkyl carbamates (subject to hydrolysis) is 1. The van der Waals surface area contributed by atoms with Gasteiger partial charge >= 0.3 is 18.2 Å². The normalized spacial score (nSPS) is 16.5. The first-order valence-corrected chi connectivity index (χ1v) is 19.0. The summed E-state index contributed by atoms with van der Waals surface area (Å²) in [7, 11) is 1.39. The number of carboxylic acid groups (broad SMARTS) is 1. The van der Waals surface area contributed by atoms with Gasteiger partial charge in [0.25, 0.3) is 5.91 Å². The number of benzene rings is 3. The molecular weight excluding hydrogens is 766 g/mol. The van der Waals surface area contributed by atoms with E-state index in [0.29, 0.717) is 11.3 Å². The smallest absolute Gasteiger partial charge is 0.416 e. The van der Waals surface area contributed by atoms with Crippen LogP contribution >= 0.6 is 0 Å². The zero-order valence-corrected chi connectivity index (χ0v) is 33.3. The first-order chi connectivity index (χ1) is 28.2. The summed E-state index contributed by atoms with van der Waals surface area (Å²) >= 11 is 0. The number of hydrogen-bond acceptors (Lipinski definition) is 11. The van der Waals surface area contributed by atoms with E-state index in [9.17, 15) is 33.9 Å². The average molecular weight is 816 g/mol. The molecule has 314 valence electrons. The largest absolute Gasteiger partial charge is 0.493 e. The highest BCUT2D eigenvalue weighted by Crippen LogP contribution is 2.41.